The first-order chi connectivity index (χ1) is 11.0. The average molecular weight is 401 g/mol. The molecule has 0 bridgehead atoms. The lowest BCUT2D eigenvalue weighted by Gasteiger charge is -2.43. The Morgan fingerprint density at radius 2 is 2.13 bits per heavy atom. The van der Waals surface area contributed by atoms with E-state index in [1.807, 2.05) is 13.0 Å². The van der Waals surface area contributed by atoms with E-state index in [0.717, 1.165) is 41.3 Å². The number of fused-ring (bicyclic) bond motifs is 1. The summed E-state index contributed by atoms with van der Waals surface area (Å²) >= 11 is 9.66. The van der Waals surface area contributed by atoms with Crippen molar-refractivity contribution >= 4 is 44.5 Å². The summed E-state index contributed by atoms with van der Waals surface area (Å²) < 4.78 is 8.05. The normalized spacial score (nSPS) is 18.8. The van der Waals surface area contributed by atoms with Gasteiger partial charge in [0.15, 0.2) is 0 Å². The molecule has 0 aromatic carbocycles. The zero-order chi connectivity index (χ0) is 16.6. The lowest BCUT2D eigenvalue weighted by Crippen LogP contribution is -2.45. The van der Waals surface area contributed by atoms with Crippen LogP contribution in [0.3, 0.4) is 0 Å². The van der Waals surface area contributed by atoms with Gasteiger partial charge in [-0.3, -0.25) is 4.79 Å². The van der Waals surface area contributed by atoms with Crippen LogP contribution in [0.2, 0.25) is 5.28 Å². The second-order valence-corrected chi connectivity index (χ2v) is 7.28. The molecule has 1 fully saturated rings. The van der Waals surface area contributed by atoms with Gasteiger partial charge in [0.05, 0.1) is 23.2 Å². The monoisotopic (exact) mass is 399 g/mol. The molecule has 1 aliphatic carbocycles. The minimum absolute atomic E-state index is 0.194. The highest BCUT2D eigenvalue weighted by atomic mass is 79.9. The number of ether oxygens (including phenoxy) is 1. The number of esters is 1. The fourth-order valence-corrected chi connectivity index (χ4v) is 4.67. The van der Waals surface area contributed by atoms with Crippen molar-refractivity contribution in [3.05, 3.63) is 22.1 Å². The SMILES string of the molecule is COC(=O)C(C)C1(n2c(Br)cc3cnc(Cl)nc32)CCCCC1. The Morgan fingerprint density at radius 1 is 1.43 bits per heavy atom. The molecule has 2 aromatic rings. The lowest BCUT2D eigenvalue weighted by atomic mass is 9.73. The maximum absolute atomic E-state index is 12.3. The molecule has 1 atom stereocenters. The van der Waals surface area contributed by atoms with Gasteiger partial charge >= 0.3 is 5.97 Å². The van der Waals surface area contributed by atoms with Gasteiger partial charge in [-0.05, 0) is 53.4 Å². The van der Waals surface area contributed by atoms with E-state index < -0.39 is 0 Å². The van der Waals surface area contributed by atoms with Crippen LogP contribution in [-0.4, -0.2) is 27.6 Å². The largest absolute Gasteiger partial charge is 0.469 e. The molecule has 2 aromatic heterocycles. The summed E-state index contributed by atoms with van der Waals surface area (Å²) in [6, 6.07) is 1.98. The molecule has 0 spiro atoms. The Labute approximate surface area is 148 Å². The third-order valence-electron chi connectivity index (χ3n) is 4.99. The first-order valence-corrected chi connectivity index (χ1v) is 8.94. The van der Waals surface area contributed by atoms with Crippen molar-refractivity contribution in [3.8, 4) is 0 Å². The first kappa shape index (κ1) is 16.7. The van der Waals surface area contributed by atoms with Crippen molar-refractivity contribution in [1.82, 2.24) is 14.5 Å². The molecule has 1 saturated carbocycles. The van der Waals surface area contributed by atoms with Crippen LogP contribution < -0.4 is 0 Å². The van der Waals surface area contributed by atoms with Gasteiger partial charge in [-0.2, -0.15) is 4.98 Å². The van der Waals surface area contributed by atoms with Crippen LogP contribution in [0.1, 0.15) is 39.0 Å². The molecular formula is C16H19BrClN3O2. The second-order valence-electron chi connectivity index (χ2n) is 6.13. The number of halogens is 2. The summed E-state index contributed by atoms with van der Waals surface area (Å²) in [6.07, 6.45) is 6.87. The predicted molar refractivity (Wildman–Crippen MR) is 92.5 cm³/mol. The number of hydrogen-bond acceptors (Lipinski definition) is 4. The van der Waals surface area contributed by atoms with Crippen molar-refractivity contribution in [2.24, 2.45) is 5.92 Å². The number of methoxy groups -OCH3 is 1. The minimum atomic E-state index is -0.358. The maximum atomic E-state index is 12.3. The van der Waals surface area contributed by atoms with Crippen LogP contribution in [0.25, 0.3) is 11.0 Å². The molecule has 0 N–H and O–H groups in total. The number of carbonyl (C=O) groups excluding carboxylic acids is 1. The zero-order valence-electron chi connectivity index (χ0n) is 13.2. The van der Waals surface area contributed by atoms with Crippen molar-refractivity contribution in [2.45, 2.75) is 44.6 Å². The fraction of sp³-hybridized carbons (Fsp3) is 0.562. The van der Waals surface area contributed by atoms with Crippen molar-refractivity contribution in [2.75, 3.05) is 7.11 Å². The van der Waals surface area contributed by atoms with E-state index >= 15 is 0 Å². The number of rotatable bonds is 3. The summed E-state index contributed by atoms with van der Waals surface area (Å²) in [5.74, 6) is -0.464. The maximum Gasteiger partial charge on any atom is 0.310 e. The van der Waals surface area contributed by atoms with Crippen molar-refractivity contribution in [1.29, 1.82) is 0 Å². The molecule has 3 rings (SSSR count). The quantitative estimate of drug-likeness (QED) is 0.569. The Morgan fingerprint density at radius 3 is 2.78 bits per heavy atom. The molecule has 124 valence electrons. The number of nitrogens with zero attached hydrogens (tertiary/aromatic N) is 3. The van der Waals surface area contributed by atoms with Crippen LogP contribution in [0.15, 0.2) is 16.9 Å². The van der Waals surface area contributed by atoms with E-state index in [4.69, 9.17) is 16.3 Å². The van der Waals surface area contributed by atoms with E-state index in [-0.39, 0.29) is 22.7 Å². The molecule has 23 heavy (non-hydrogen) atoms. The van der Waals surface area contributed by atoms with Gasteiger partial charge in [0.25, 0.3) is 0 Å². The predicted octanol–water partition coefficient (Wildman–Crippen LogP) is 4.32. The van der Waals surface area contributed by atoms with Crippen LogP contribution in [0, 0.1) is 5.92 Å². The van der Waals surface area contributed by atoms with Crippen LogP contribution in [0.5, 0.6) is 0 Å². The highest BCUT2D eigenvalue weighted by Crippen LogP contribution is 2.45. The van der Waals surface area contributed by atoms with Crippen LogP contribution in [-0.2, 0) is 15.1 Å². The summed E-state index contributed by atoms with van der Waals surface area (Å²) in [7, 11) is 1.44. The summed E-state index contributed by atoms with van der Waals surface area (Å²) in [5, 5.41) is 1.12. The van der Waals surface area contributed by atoms with E-state index in [2.05, 4.69) is 30.5 Å². The summed E-state index contributed by atoms with van der Waals surface area (Å²) in [5.41, 5.74) is 0.401. The molecule has 7 heteroatoms. The zero-order valence-corrected chi connectivity index (χ0v) is 15.5. The highest BCUT2D eigenvalue weighted by molar-refractivity contribution is 9.10. The molecule has 0 saturated heterocycles. The molecule has 0 radical (unpaired) electrons. The molecule has 0 amide bonds. The van der Waals surface area contributed by atoms with Gasteiger partial charge < -0.3 is 9.30 Å². The summed E-state index contributed by atoms with van der Waals surface area (Å²) in [4.78, 5) is 20.8. The number of carbonyl (C=O) groups is 1. The smallest absolute Gasteiger partial charge is 0.310 e. The van der Waals surface area contributed by atoms with E-state index in [9.17, 15) is 4.79 Å². The Hall–Kier alpha value is -1.14. The van der Waals surface area contributed by atoms with Crippen molar-refractivity contribution < 1.29 is 9.53 Å². The highest BCUT2D eigenvalue weighted by Gasteiger charge is 2.45. The third-order valence-corrected chi connectivity index (χ3v) is 5.76. The first-order valence-electron chi connectivity index (χ1n) is 7.77. The molecule has 1 unspecified atom stereocenters. The van der Waals surface area contributed by atoms with Gasteiger partial charge in [-0.15, -0.1) is 0 Å². The van der Waals surface area contributed by atoms with Gasteiger partial charge in [0, 0.05) is 11.6 Å². The van der Waals surface area contributed by atoms with Gasteiger partial charge in [0.1, 0.15) is 5.65 Å². The molecular weight excluding hydrogens is 382 g/mol. The van der Waals surface area contributed by atoms with Crippen molar-refractivity contribution in [3.63, 3.8) is 0 Å². The summed E-state index contributed by atoms with van der Waals surface area (Å²) in [6.45, 7) is 1.94. The second kappa shape index (κ2) is 6.40. The van der Waals surface area contributed by atoms with Gasteiger partial charge in [-0.25, -0.2) is 4.98 Å². The minimum Gasteiger partial charge on any atom is -0.469 e. The average Bonchev–Trinajstić information content (AvgIpc) is 2.89. The van der Waals surface area contributed by atoms with E-state index in [1.54, 1.807) is 6.20 Å². The van der Waals surface area contributed by atoms with E-state index in [0.29, 0.717) is 0 Å². The molecule has 2 heterocycles. The standard InChI is InChI=1S/C16H19BrClN3O2/c1-10(14(22)23-2)16(6-4-3-5-7-16)21-12(17)8-11-9-19-15(18)20-13(11)21/h8-10H,3-7H2,1-2H3. The Bertz CT molecular complexity index is 740. The topological polar surface area (TPSA) is 57.0 Å². The van der Waals surface area contributed by atoms with E-state index in [1.165, 1.54) is 13.5 Å². The Kier molecular flexibility index (Phi) is 4.65. The fourth-order valence-electron chi connectivity index (χ4n) is 3.77. The number of aromatic nitrogens is 3. The lowest BCUT2D eigenvalue weighted by molar-refractivity contribution is -0.150. The molecule has 5 nitrogen and oxygen atoms in total. The van der Waals surface area contributed by atoms with Gasteiger partial charge in [0.2, 0.25) is 5.28 Å². The van der Waals surface area contributed by atoms with Crippen LogP contribution >= 0.6 is 27.5 Å². The third kappa shape index (κ3) is 2.76. The molecule has 1 aliphatic rings. The number of hydrogen-bond donors (Lipinski definition) is 0. The van der Waals surface area contributed by atoms with Gasteiger partial charge in [-0.1, -0.05) is 19.3 Å². The van der Waals surface area contributed by atoms with Crippen LogP contribution in [0.4, 0.5) is 0 Å². The Balaban J connectivity index is 2.23. The molecule has 0 aliphatic heterocycles.